The highest BCUT2D eigenvalue weighted by Gasteiger charge is 2.21. The zero-order valence-electron chi connectivity index (χ0n) is 13.9. The van der Waals surface area contributed by atoms with Crippen molar-refractivity contribution < 1.29 is 0 Å². The van der Waals surface area contributed by atoms with Gasteiger partial charge in [0.1, 0.15) is 5.82 Å². The molecule has 0 fully saturated rings. The van der Waals surface area contributed by atoms with Crippen LogP contribution in [-0.2, 0) is 25.9 Å². The van der Waals surface area contributed by atoms with Crippen molar-refractivity contribution in [3.63, 3.8) is 0 Å². The van der Waals surface area contributed by atoms with E-state index in [9.17, 15) is 4.79 Å². The van der Waals surface area contributed by atoms with Crippen molar-refractivity contribution in [2.24, 2.45) is 0 Å². The summed E-state index contributed by atoms with van der Waals surface area (Å²) >= 11 is 0. The van der Waals surface area contributed by atoms with Gasteiger partial charge in [-0.15, -0.1) is 0 Å². The van der Waals surface area contributed by atoms with E-state index in [1.54, 1.807) is 0 Å². The van der Waals surface area contributed by atoms with Crippen molar-refractivity contribution in [1.29, 1.82) is 0 Å². The lowest BCUT2D eigenvalue weighted by molar-refractivity contribution is 0.241. The Balaban J connectivity index is 1.58. The van der Waals surface area contributed by atoms with E-state index in [1.165, 1.54) is 16.5 Å². The molecular weight excluding hydrogens is 300 g/mol. The molecule has 0 saturated carbocycles. The molecule has 1 aliphatic rings. The van der Waals surface area contributed by atoms with Crippen LogP contribution in [-0.4, -0.2) is 26.4 Å². The van der Waals surface area contributed by atoms with Crippen LogP contribution in [0.2, 0.25) is 0 Å². The standard InChI is InChI=1S/C19H22N4O/c1-2-5-18-21-17-12-23(9-8-15(17)19(24)22-18)11-13-10-20-16-7-4-3-6-14(13)16/h3-4,6-7,10,20H,2,5,8-9,11-12H2,1H3,(H,21,22,24). The first-order valence-electron chi connectivity index (χ1n) is 8.63. The van der Waals surface area contributed by atoms with Crippen LogP contribution in [0.15, 0.2) is 35.3 Å². The van der Waals surface area contributed by atoms with Crippen LogP contribution in [0.3, 0.4) is 0 Å². The van der Waals surface area contributed by atoms with E-state index >= 15 is 0 Å². The molecule has 0 atom stereocenters. The second-order valence-electron chi connectivity index (χ2n) is 6.51. The predicted octanol–water partition coefficient (Wildman–Crippen LogP) is 2.76. The lowest BCUT2D eigenvalue weighted by Crippen LogP contribution is -2.35. The van der Waals surface area contributed by atoms with E-state index in [0.29, 0.717) is 0 Å². The smallest absolute Gasteiger partial charge is 0.254 e. The highest BCUT2D eigenvalue weighted by molar-refractivity contribution is 5.82. The number of rotatable bonds is 4. The Kier molecular flexibility index (Phi) is 3.94. The fourth-order valence-corrected chi connectivity index (χ4v) is 3.54. The second kappa shape index (κ2) is 6.24. The van der Waals surface area contributed by atoms with E-state index in [1.807, 2.05) is 6.07 Å². The monoisotopic (exact) mass is 322 g/mol. The molecule has 4 rings (SSSR count). The Morgan fingerprint density at radius 1 is 1.29 bits per heavy atom. The van der Waals surface area contributed by atoms with Crippen molar-refractivity contribution >= 4 is 10.9 Å². The van der Waals surface area contributed by atoms with Gasteiger partial charge in [-0.1, -0.05) is 25.1 Å². The molecule has 0 radical (unpaired) electrons. The van der Waals surface area contributed by atoms with E-state index in [2.05, 4.69) is 46.2 Å². The third-order valence-corrected chi connectivity index (χ3v) is 4.76. The molecule has 5 heteroatoms. The second-order valence-corrected chi connectivity index (χ2v) is 6.51. The number of hydrogen-bond donors (Lipinski definition) is 2. The lowest BCUT2D eigenvalue weighted by Gasteiger charge is -2.27. The molecule has 5 nitrogen and oxygen atoms in total. The van der Waals surface area contributed by atoms with Crippen LogP contribution in [0.1, 0.15) is 36.0 Å². The van der Waals surface area contributed by atoms with Crippen LogP contribution < -0.4 is 5.56 Å². The highest BCUT2D eigenvalue weighted by atomic mass is 16.1. The first-order chi connectivity index (χ1) is 11.7. The SMILES string of the molecule is CCCc1nc2c(c(=O)[nH]1)CCN(Cc1c[nH]c3ccccc13)C2. The van der Waals surface area contributed by atoms with Gasteiger partial charge in [0.25, 0.3) is 5.56 Å². The fourth-order valence-electron chi connectivity index (χ4n) is 3.54. The van der Waals surface area contributed by atoms with Crippen LogP contribution in [0.4, 0.5) is 0 Å². The number of fused-ring (bicyclic) bond motifs is 2. The Labute approximate surface area is 140 Å². The van der Waals surface area contributed by atoms with Gasteiger partial charge in [-0.2, -0.15) is 0 Å². The molecule has 2 aromatic heterocycles. The van der Waals surface area contributed by atoms with Gasteiger partial charge >= 0.3 is 0 Å². The fraction of sp³-hybridized carbons (Fsp3) is 0.368. The predicted molar refractivity (Wildman–Crippen MR) is 95.0 cm³/mol. The molecule has 124 valence electrons. The Hall–Kier alpha value is -2.40. The number of hydrogen-bond acceptors (Lipinski definition) is 3. The van der Waals surface area contributed by atoms with Gasteiger partial charge in [-0.05, 0) is 24.5 Å². The van der Waals surface area contributed by atoms with E-state index in [-0.39, 0.29) is 5.56 Å². The minimum atomic E-state index is 0.0511. The number of nitrogens with one attached hydrogen (secondary N) is 2. The number of nitrogens with zero attached hydrogens (tertiary/aromatic N) is 2. The average Bonchev–Trinajstić information content (AvgIpc) is 2.98. The third kappa shape index (κ3) is 2.76. The third-order valence-electron chi connectivity index (χ3n) is 4.76. The summed E-state index contributed by atoms with van der Waals surface area (Å²) in [6.07, 6.45) is 4.67. The van der Waals surface area contributed by atoms with Crippen LogP contribution >= 0.6 is 0 Å². The van der Waals surface area contributed by atoms with Crippen molar-refractivity contribution in [3.8, 4) is 0 Å². The zero-order chi connectivity index (χ0) is 16.5. The number of benzene rings is 1. The van der Waals surface area contributed by atoms with Crippen LogP contribution in [0.25, 0.3) is 10.9 Å². The Morgan fingerprint density at radius 2 is 2.17 bits per heavy atom. The molecule has 3 aromatic rings. The molecule has 0 spiro atoms. The van der Waals surface area contributed by atoms with Gasteiger partial charge in [0, 0.05) is 48.7 Å². The topological polar surface area (TPSA) is 64.8 Å². The number of aromatic nitrogens is 3. The zero-order valence-corrected chi connectivity index (χ0v) is 13.9. The largest absolute Gasteiger partial charge is 0.361 e. The summed E-state index contributed by atoms with van der Waals surface area (Å²) in [5, 5.41) is 1.27. The van der Waals surface area contributed by atoms with Crippen LogP contribution in [0, 0.1) is 0 Å². The van der Waals surface area contributed by atoms with Gasteiger partial charge in [0.15, 0.2) is 0 Å². The van der Waals surface area contributed by atoms with E-state index in [0.717, 1.165) is 56.0 Å². The maximum absolute atomic E-state index is 12.2. The van der Waals surface area contributed by atoms with Gasteiger partial charge < -0.3 is 9.97 Å². The average molecular weight is 322 g/mol. The summed E-state index contributed by atoms with van der Waals surface area (Å²) in [5.74, 6) is 0.815. The molecule has 0 unspecified atom stereocenters. The summed E-state index contributed by atoms with van der Waals surface area (Å²) in [6, 6.07) is 8.37. The summed E-state index contributed by atoms with van der Waals surface area (Å²) < 4.78 is 0. The summed E-state index contributed by atoms with van der Waals surface area (Å²) in [5.41, 5.74) is 4.34. The minimum absolute atomic E-state index is 0.0511. The number of aromatic amines is 2. The van der Waals surface area contributed by atoms with Gasteiger partial charge in [0.2, 0.25) is 0 Å². The van der Waals surface area contributed by atoms with Gasteiger partial charge in [0.05, 0.1) is 5.69 Å². The summed E-state index contributed by atoms with van der Waals surface area (Å²) in [6.45, 7) is 4.61. The molecule has 0 amide bonds. The number of aryl methyl sites for hydroxylation is 1. The quantitative estimate of drug-likeness (QED) is 0.776. The lowest BCUT2D eigenvalue weighted by atomic mass is 10.1. The van der Waals surface area contributed by atoms with Crippen LogP contribution in [0.5, 0.6) is 0 Å². The van der Waals surface area contributed by atoms with Crippen molar-refractivity contribution in [2.45, 2.75) is 39.3 Å². The first-order valence-corrected chi connectivity index (χ1v) is 8.63. The summed E-state index contributed by atoms with van der Waals surface area (Å²) in [4.78, 5) is 25.6. The molecule has 24 heavy (non-hydrogen) atoms. The number of H-pyrrole nitrogens is 2. The van der Waals surface area contributed by atoms with Crippen molar-refractivity contribution in [1.82, 2.24) is 19.9 Å². The van der Waals surface area contributed by atoms with Crippen molar-refractivity contribution in [3.05, 3.63) is 63.5 Å². The van der Waals surface area contributed by atoms with Gasteiger partial charge in [-0.3, -0.25) is 9.69 Å². The highest BCUT2D eigenvalue weighted by Crippen LogP contribution is 2.22. The molecule has 0 saturated heterocycles. The molecule has 0 bridgehead atoms. The van der Waals surface area contributed by atoms with Crippen molar-refractivity contribution in [2.75, 3.05) is 6.54 Å². The maximum Gasteiger partial charge on any atom is 0.254 e. The normalized spacial score (nSPS) is 14.9. The number of para-hydroxylation sites is 1. The minimum Gasteiger partial charge on any atom is -0.361 e. The molecule has 2 N–H and O–H groups in total. The van der Waals surface area contributed by atoms with Gasteiger partial charge in [-0.25, -0.2) is 4.98 Å². The molecular formula is C19H22N4O. The first kappa shape index (κ1) is 15.1. The Bertz CT molecular complexity index is 925. The maximum atomic E-state index is 12.2. The molecule has 0 aliphatic carbocycles. The molecule has 3 heterocycles. The van der Waals surface area contributed by atoms with E-state index in [4.69, 9.17) is 4.98 Å². The summed E-state index contributed by atoms with van der Waals surface area (Å²) in [7, 11) is 0. The van der Waals surface area contributed by atoms with E-state index < -0.39 is 0 Å². The molecule has 1 aromatic carbocycles. The molecule has 1 aliphatic heterocycles. The Morgan fingerprint density at radius 3 is 3.04 bits per heavy atom.